The van der Waals surface area contributed by atoms with Gasteiger partial charge in [0.1, 0.15) is 0 Å². The fourth-order valence-electron chi connectivity index (χ4n) is 2.48. The molecule has 0 aromatic heterocycles. The summed E-state index contributed by atoms with van der Waals surface area (Å²) in [5.74, 6) is -0.213. The zero-order valence-corrected chi connectivity index (χ0v) is 15.9. The van der Waals surface area contributed by atoms with E-state index in [2.05, 4.69) is 5.32 Å². The van der Waals surface area contributed by atoms with Crippen LogP contribution < -0.4 is 9.62 Å². The number of hydrogen-bond donors (Lipinski definition) is 1. The second kappa shape index (κ2) is 7.70. The van der Waals surface area contributed by atoms with Crippen LogP contribution in [-0.4, -0.2) is 27.1 Å². The van der Waals surface area contributed by atoms with Crippen molar-refractivity contribution in [3.05, 3.63) is 59.2 Å². The Kier molecular flexibility index (Phi) is 5.85. The van der Waals surface area contributed by atoms with Crippen molar-refractivity contribution in [3.63, 3.8) is 0 Å². The van der Waals surface area contributed by atoms with Crippen LogP contribution in [0.1, 0.15) is 23.1 Å². The van der Waals surface area contributed by atoms with Crippen molar-refractivity contribution in [2.45, 2.75) is 27.2 Å². The Balaban J connectivity index is 2.09. The van der Waals surface area contributed by atoms with Crippen LogP contribution in [0.2, 0.25) is 0 Å². The van der Waals surface area contributed by atoms with Crippen molar-refractivity contribution in [1.82, 2.24) is 0 Å². The highest BCUT2D eigenvalue weighted by molar-refractivity contribution is 7.92. The van der Waals surface area contributed by atoms with Gasteiger partial charge in [0, 0.05) is 18.7 Å². The summed E-state index contributed by atoms with van der Waals surface area (Å²) >= 11 is 0. The number of sulfonamides is 1. The summed E-state index contributed by atoms with van der Waals surface area (Å²) in [5.41, 5.74) is 4.39. The van der Waals surface area contributed by atoms with Gasteiger partial charge in [-0.3, -0.25) is 9.10 Å². The molecule has 6 heteroatoms. The van der Waals surface area contributed by atoms with Crippen molar-refractivity contribution < 1.29 is 13.2 Å². The molecular formula is C19H24N2O3S. The Morgan fingerprint density at radius 3 is 2.20 bits per heavy atom. The normalized spacial score (nSPS) is 11.2. The van der Waals surface area contributed by atoms with E-state index in [-0.39, 0.29) is 18.9 Å². The van der Waals surface area contributed by atoms with E-state index in [0.29, 0.717) is 5.69 Å². The fourth-order valence-corrected chi connectivity index (χ4v) is 3.41. The van der Waals surface area contributed by atoms with Crippen LogP contribution >= 0.6 is 0 Å². The molecule has 2 aromatic rings. The number of aryl methyl sites for hydroxylation is 3. The first-order valence-electron chi connectivity index (χ1n) is 8.08. The van der Waals surface area contributed by atoms with E-state index in [9.17, 15) is 13.2 Å². The summed E-state index contributed by atoms with van der Waals surface area (Å²) in [7, 11) is -3.46. The molecule has 1 N–H and O–H groups in total. The first-order chi connectivity index (χ1) is 11.7. The molecule has 0 aliphatic heterocycles. The van der Waals surface area contributed by atoms with Crippen molar-refractivity contribution in [3.8, 4) is 0 Å². The van der Waals surface area contributed by atoms with Gasteiger partial charge in [0.2, 0.25) is 15.9 Å². The van der Waals surface area contributed by atoms with E-state index < -0.39 is 10.0 Å². The smallest absolute Gasteiger partial charge is 0.232 e. The monoisotopic (exact) mass is 360 g/mol. The summed E-state index contributed by atoms with van der Waals surface area (Å²) in [6.45, 7) is 5.91. The zero-order valence-electron chi connectivity index (χ0n) is 15.0. The van der Waals surface area contributed by atoms with Crippen LogP contribution in [0, 0.1) is 20.8 Å². The molecule has 0 fully saturated rings. The van der Waals surface area contributed by atoms with Gasteiger partial charge in [-0.1, -0.05) is 29.8 Å². The molecule has 0 aliphatic carbocycles. The number of rotatable bonds is 6. The number of carbonyl (C=O) groups excluding carboxylic acids is 1. The van der Waals surface area contributed by atoms with Crippen LogP contribution in [0.4, 0.5) is 11.4 Å². The minimum absolute atomic E-state index is 0.0777. The molecule has 25 heavy (non-hydrogen) atoms. The number of hydrogen-bond acceptors (Lipinski definition) is 3. The lowest BCUT2D eigenvalue weighted by molar-refractivity contribution is -0.116. The lowest BCUT2D eigenvalue weighted by Crippen LogP contribution is -2.33. The van der Waals surface area contributed by atoms with Gasteiger partial charge in [-0.05, 0) is 50.1 Å². The van der Waals surface area contributed by atoms with Gasteiger partial charge in [-0.25, -0.2) is 8.42 Å². The Bertz CT molecular complexity index is 859. The minimum Gasteiger partial charge on any atom is -0.326 e. The molecule has 0 heterocycles. The molecule has 1 amide bonds. The number of nitrogens with one attached hydrogen (secondary N) is 1. The summed E-state index contributed by atoms with van der Waals surface area (Å²) in [6, 6.07) is 13.0. The van der Waals surface area contributed by atoms with E-state index >= 15 is 0 Å². The highest BCUT2D eigenvalue weighted by Gasteiger charge is 2.18. The highest BCUT2D eigenvalue weighted by atomic mass is 32.2. The molecule has 0 aliphatic rings. The molecular weight excluding hydrogens is 336 g/mol. The average molecular weight is 360 g/mol. The molecule has 0 saturated carbocycles. The van der Waals surface area contributed by atoms with Gasteiger partial charge in [0.15, 0.2) is 0 Å². The van der Waals surface area contributed by atoms with Gasteiger partial charge in [0.25, 0.3) is 0 Å². The predicted octanol–water partition coefficient (Wildman–Crippen LogP) is 3.41. The lowest BCUT2D eigenvalue weighted by atomic mass is 10.1. The SMILES string of the molecule is Cc1ccc(N(CCC(=O)Nc2cc(C)ccc2C)S(C)(=O)=O)cc1. The van der Waals surface area contributed by atoms with Crippen LogP contribution in [0.3, 0.4) is 0 Å². The van der Waals surface area contributed by atoms with Gasteiger partial charge in [-0.2, -0.15) is 0 Å². The molecule has 5 nitrogen and oxygen atoms in total. The fraction of sp³-hybridized carbons (Fsp3) is 0.316. The molecule has 0 spiro atoms. The summed E-state index contributed by atoms with van der Waals surface area (Å²) in [4.78, 5) is 12.3. The highest BCUT2D eigenvalue weighted by Crippen LogP contribution is 2.20. The third-order valence-electron chi connectivity index (χ3n) is 3.93. The van der Waals surface area contributed by atoms with Gasteiger partial charge >= 0.3 is 0 Å². The first-order valence-corrected chi connectivity index (χ1v) is 9.93. The number of amides is 1. The molecule has 2 rings (SSSR count). The Labute approximate surface area is 149 Å². The van der Waals surface area contributed by atoms with Crippen LogP contribution in [0.5, 0.6) is 0 Å². The van der Waals surface area contributed by atoms with Gasteiger partial charge < -0.3 is 5.32 Å². The maximum atomic E-state index is 12.3. The van der Waals surface area contributed by atoms with Gasteiger partial charge in [0.05, 0.1) is 11.9 Å². The molecule has 0 atom stereocenters. The summed E-state index contributed by atoms with van der Waals surface area (Å²) in [6.07, 6.45) is 1.23. The Hall–Kier alpha value is -2.34. The van der Waals surface area contributed by atoms with Crippen LogP contribution in [0.25, 0.3) is 0 Å². The molecule has 0 bridgehead atoms. The largest absolute Gasteiger partial charge is 0.326 e. The number of nitrogens with zero attached hydrogens (tertiary/aromatic N) is 1. The number of carbonyl (C=O) groups is 1. The second-order valence-electron chi connectivity index (χ2n) is 6.29. The molecule has 2 aromatic carbocycles. The maximum Gasteiger partial charge on any atom is 0.232 e. The van der Waals surface area contributed by atoms with E-state index in [4.69, 9.17) is 0 Å². The van der Waals surface area contributed by atoms with Crippen LogP contribution in [0.15, 0.2) is 42.5 Å². The lowest BCUT2D eigenvalue weighted by Gasteiger charge is -2.22. The molecule has 134 valence electrons. The van der Waals surface area contributed by atoms with Crippen molar-refractivity contribution in [2.24, 2.45) is 0 Å². The zero-order chi connectivity index (χ0) is 18.6. The van der Waals surface area contributed by atoms with Crippen LogP contribution in [-0.2, 0) is 14.8 Å². The average Bonchev–Trinajstić information content (AvgIpc) is 2.51. The van der Waals surface area contributed by atoms with E-state index in [1.54, 1.807) is 12.1 Å². The Morgan fingerprint density at radius 2 is 1.60 bits per heavy atom. The minimum atomic E-state index is -3.46. The third kappa shape index (κ3) is 5.32. The standard InChI is InChI=1S/C19H24N2O3S/c1-14-6-9-17(10-7-14)21(25(4,23)24)12-11-19(22)20-18-13-15(2)5-8-16(18)3/h5-10,13H,11-12H2,1-4H3,(H,20,22). The van der Waals surface area contributed by atoms with Gasteiger partial charge in [-0.15, -0.1) is 0 Å². The topological polar surface area (TPSA) is 66.5 Å². The molecule has 0 radical (unpaired) electrons. The molecule has 0 unspecified atom stereocenters. The Morgan fingerprint density at radius 1 is 1.00 bits per heavy atom. The van der Waals surface area contributed by atoms with E-state index in [1.807, 2.05) is 51.1 Å². The summed E-state index contributed by atoms with van der Waals surface area (Å²) < 4.78 is 25.4. The number of benzene rings is 2. The number of anilines is 2. The van der Waals surface area contributed by atoms with Crippen molar-refractivity contribution >= 4 is 27.3 Å². The van der Waals surface area contributed by atoms with E-state index in [1.165, 1.54) is 4.31 Å². The third-order valence-corrected chi connectivity index (χ3v) is 5.13. The second-order valence-corrected chi connectivity index (χ2v) is 8.19. The van der Waals surface area contributed by atoms with E-state index in [0.717, 1.165) is 28.6 Å². The predicted molar refractivity (Wildman–Crippen MR) is 103 cm³/mol. The quantitative estimate of drug-likeness (QED) is 0.858. The summed E-state index contributed by atoms with van der Waals surface area (Å²) in [5, 5.41) is 2.86. The molecule has 0 saturated heterocycles. The maximum absolute atomic E-state index is 12.3. The first kappa shape index (κ1) is 19.0. The van der Waals surface area contributed by atoms with Crippen molar-refractivity contribution in [2.75, 3.05) is 22.4 Å². The van der Waals surface area contributed by atoms with Crippen molar-refractivity contribution in [1.29, 1.82) is 0 Å².